The molecule has 2 N–H and O–H groups in total. The summed E-state index contributed by atoms with van der Waals surface area (Å²) in [6, 6.07) is 8.35. The minimum atomic E-state index is -0.882. The van der Waals surface area contributed by atoms with Crippen LogP contribution in [0.1, 0.15) is 5.56 Å². The summed E-state index contributed by atoms with van der Waals surface area (Å²) in [5.74, 6) is -0.424. The van der Waals surface area contributed by atoms with E-state index in [2.05, 4.69) is 10.6 Å². The van der Waals surface area contributed by atoms with Gasteiger partial charge in [-0.1, -0.05) is 30.3 Å². The number of nitrogens with one attached hydrogen (secondary N) is 2. The summed E-state index contributed by atoms with van der Waals surface area (Å²) in [6.07, 6.45) is -1.27. The first-order valence-electron chi connectivity index (χ1n) is 7.40. The smallest absolute Gasteiger partial charge is 0.408 e. The third kappa shape index (κ3) is 7.40. The van der Waals surface area contributed by atoms with Gasteiger partial charge < -0.3 is 29.6 Å². The number of amides is 2. The highest BCUT2D eigenvalue weighted by molar-refractivity contribution is 5.85. The summed E-state index contributed by atoms with van der Waals surface area (Å²) in [5.41, 5.74) is 0.850. The molecule has 0 radical (unpaired) electrons. The fourth-order valence-corrected chi connectivity index (χ4v) is 1.83. The van der Waals surface area contributed by atoms with Crippen molar-refractivity contribution in [3.63, 3.8) is 0 Å². The van der Waals surface area contributed by atoms with Crippen molar-refractivity contribution in [2.45, 2.75) is 18.9 Å². The van der Waals surface area contributed by atoms with Crippen molar-refractivity contribution in [3.8, 4) is 0 Å². The summed E-state index contributed by atoms with van der Waals surface area (Å²) >= 11 is 0. The van der Waals surface area contributed by atoms with E-state index in [0.717, 1.165) is 5.56 Å². The highest BCUT2D eigenvalue weighted by atomic mass is 16.7. The molecule has 0 fully saturated rings. The number of methoxy groups -OCH3 is 3. The molecule has 1 aromatic carbocycles. The van der Waals surface area contributed by atoms with Crippen molar-refractivity contribution < 1.29 is 28.5 Å². The molecule has 2 amide bonds. The minimum absolute atomic E-state index is 0.0108. The Bertz CT molecular complexity index is 493. The van der Waals surface area contributed by atoms with Crippen molar-refractivity contribution in [2.24, 2.45) is 0 Å². The van der Waals surface area contributed by atoms with Crippen molar-refractivity contribution >= 4 is 12.0 Å². The maximum Gasteiger partial charge on any atom is 0.408 e. The van der Waals surface area contributed by atoms with Crippen LogP contribution in [-0.2, 0) is 30.3 Å². The Morgan fingerprint density at radius 2 is 1.75 bits per heavy atom. The van der Waals surface area contributed by atoms with Crippen molar-refractivity contribution in [1.82, 2.24) is 10.6 Å². The molecule has 1 aromatic rings. The molecule has 0 aliphatic rings. The van der Waals surface area contributed by atoms with Crippen molar-refractivity contribution in [3.05, 3.63) is 35.9 Å². The highest BCUT2D eigenvalue weighted by Gasteiger charge is 2.22. The van der Waals surface area contributed by atoms with Gasteiger partial charge in [-0.15, -0.1) is 0 Å². The van der Waals surface area contributed by atoms with Gasteiger partial charge in [0, 0.05) is 21.3 Å². The molecule has 0 aliphatic carbocycles. The molecule has 0 unspecified atom stereocenters. The lowest BCUT2D eigenvalue weighted by molar-refractivity contribution is -0.130. The molecular formula is C16H24N2O6. The fraction of sp³-hybridized carbons (Fsp3) is 0.500. The standard InChI is InChI=1S/C16H24N2O6/c1-21-11-13(15(19)17-9-14(22-2)23-3)18-16(20)24-10-12-7-5-4-6-8-12/h4-8,13-14H,9-11H2,1-3H3,(H,17,19)(H,18,20)/t13-/m0/s1. The Labute approximate surface area is 141 Å². The molecule has 8 nitrogen and oxygen atoms in total. The van der Waals surface area contributed by atoms with E-state index in [9.17, 15) is 9.59 Å². The largest absolute Gasteiger partial charge is 0.445 e. The van der Waals surface area contributed by atoms with Gasteiger partial charge in [0.1, 0.15) is 12.6 Å². The normalized spacial score (nSPS) is 11.8. The molecule has 8 heteroatoms. The van der Waals surface area contributed by atoms with Gasteiger partial charge in [-0.25, -0.2) is 4.79 Å². The van der Waals surface area contributed by atoms with Crippen LogP contribution in [0.5, 0.6) is 0 Å². The number of alkyl carbamates (subject to hydrolysis) is 1. The van der Waals surface area contributed by atoms with Crippen LogP contribution in [0.25, 0.3) is 0 Å². The lowest BCUT2D eigenvalue weighted by atomic mass is 10.2. The highest BCUT2D eigenvalue weighted by Crippen LogP contribution is 2.01. The molecule has 0 aromatic heterocycles. The Kier molecular flexibility index (Phi) is 9.44. The number of carbonyl (C=O) groups is 2. The van der Waals surface area contributed by atoms with E-state index < -0.39 is 24.3 Å². The van der Waals surface area contributed by atoms with Crippen LogP contribution in [-0.4, -0.2) is 58.8 Å². The molecular weight excluding hydrogens is 316 g/mol. The summed E-state index contributed by atoms with van der Waals surface area (Å²) in [4.78, 5) is 23.9. The van der Waals surface area contributed by atoms with E-state index in [1.807, 2.05) is 30.3 Å². The topological polar surface area (TPSA) is 95.1 Å². The summed E-state index contributed by atoms with van der Waals surface area (Å²) < 4.78 is 20.0. The number of carbonyl (C=O) groups excluding carboxylic acids is 2. The molecule has 134 valence electrons. The molecule has 24 heavy (non-hydrogen) atoms. The van der Waals surface area contributed by atoms with Gasteiger partial charge in [0.05, 0.1) is 13.2 Å². The Morgan fingerprint density at radius 1 is 1.08 bits per heavy atom. The average Bonchev–Trinajstić information content (AvgIpc) is 2.61. The maximum atomic E-state index is 12.1. The summed E-state index contributed by atoms with van der Waals surface area (Å²) in [5, 5.41) is 5.08. The van der Waals surface area contributed by atoms with E-state index in [4.69, 9.17) is 18.9 Å². The SMILES string of the molecule is COC[C@H](NC(=O)OCc1ccccc1)C(=O)NCC(OC)OC. The van der Waals surface area contributed by atoms with Gasteiger partial charge in [0.15, 0.2) is 6.29 Å². The molecule has 0 aliphatic heterocycles. The lowest BCUT2D eigenvalue weighted by Crippen LogP contribution is -2.50. The van der Waals surface area contributed by atoms with Gasteiger partial charge in [-0.3, -0.25) is 4.79 Å². The first kappa shape index (κ1) is 19.9. The van der Waals surface area contributed by atoms with Gasteiger partial charge in [0.25, 0.3) is 0 Å². The summed E-state index contributed by atoms with van der Waals surface area (Å²) in [7, 11) is 4.36. The zero-order chi connectivity index (χ0) is 17.8. The van der Waals surface area contributed by atoms with E-state index >= 15 is 0 Å². The second-order valence-corrected chi connectivity index (χ2v) is 4.86. The van der Waals surface area contributed by atoms with Crippen LogP contribution in [0, 0.1) is 0 Å². The molecule has 1 atom stereocenters. The van der Waals surface area contributed by atoms with Crippen LogP contribution < -0.4 is 10.6 Å². The number of ether oxygens (including phenoxy) is 4. The Hall–Kier alpha value is -2.16. The van der Waals surface area contributed by atoms with Crippen LogP contribution >= 0.6 is 0 Å². The quantitative estimate of drug-likeness (QED) is 0.608. The predicted molar refractivity (Wildman–Crippen MR) is 86.2 cm³/mol. The predicted octanol–water partition coefficient (Wildman–Crippen LogP) is 0.663. The zero-order valence-corrected chi connectivity index (χ0v) is 14.1. The van der Waals surface area contributed by atoms with Gasteiger partial charge in [-0.2, -0.15) is 0 Å². The van der Waals surface area contributed by atoms with Crippen LogP contribution in [0.15, 0.2) is 30.3 Å². The average molecular weight is 340 g/mol. The minimum Gasteiger partial charge on any atom is -0.445 e. The summed E-state index contributed by atoms with van der Waals surface area (Å²) in [6.45, 7) is 0.271. The maximum absolute atomic E-state index is 12.1. The van der Waals surface area contributed by atoms with E-state index in [1.54, 1.807) is 0 Å². The first-order valence-corrected chi connectivity index (χ1v) is 7.40. The third-order valence-corrected chi connectivity index (χ3v) is 3.12. The zero-order valence-electron chi connectivity index (χ0n) is 14.1. The van der Waals surface area contributed by atoms with Gasteiger partial charge >= 0.3 is 6.09 Å². The Morgan fingerprint density at radius 3 is 2.33 bits per heavy atom. The third-order valence-electron chi connectivity index (χ3n) is 3.12. The van der Waals surface area contributed by atoms with Gasteiger partial charge in [-0.05, 0) is 5.56 Å². The first-order chi connectivity index (χ1) is 11.6. The number of rotatable bonds is 10. The van der Waals surface area contributed by atoms with Crippen molar-refractivity contribution in [2.75, 3.05) is 34.5 Å². The van der Waals surface area contributed by atoms with E-state index in [0.29, 0.717) is 0 Å². The number of hydrogen-bond acceptors (Lipinski definition) is 6. The van der Waals surface area contributed by atoms with Crippen molar-refractivity contribution in [1.29, 1.82) is 0 Å². The monoisotopic (exact) mass is 340 g/mol. The second kappa shape index (κ2) is 11.4. The number of benzene rings is 1. The molecule has 0 saturated heterocycles. The molecule has 0 spiro atoms. The Balaban J connectivity index is 2.45. The van der Waals surface area contributed by atoms with Crippen LogP contribution in [0.3, 0.4) is 0 Å². The molecule has 0 bridgehead atoms. The number of hydrogen-bond donors (Lipinski definition) is 2. The second-order valence-electron chi connectivity index (χ2n) is 4.86. The fourth-order valence-electron chi connectivity index (χ4n) is 1.83. The molecule has 1 rings (SSSR count). The van der Waals surface area contributed by atoms with Gasteiger partial charge in [0.2, 0.25) is 5.91 Å². The van der Waals surface area contributed by atoms with E-state index in [-0.39, 0.29) is 19.8 Å². The van der Waals surface area contributed by atoms with Crippen LogP contribution in [0.2, 0.25) is 0 Å². The lowest BCUT2D eigenvalue weighted by Gasteiger charge is -2.19. The van der Waals surface area contributed by atoms with Crippen LogP contribution in [0.4, 0.5) is 4.79 Å². The molecule has 0 heterocycles. The van der Waals surface area contributed by atoms with E-state index in [1.165, 1.54) is 21.3 Å². The molecule has 0 saturated carbocycles.